The Balaban J connectivity index is 2.08. The van der Waals surface area contributed by atoms with Crippen LogP contribution in [0.25, 0.3) is 0 Å². The van der Waals surface area contributed by atoms with Crippen molar-refractivity contribution in [3.63, 3.8) is 0 Å². The van der Waals surface area contributed by atoms with Gasteiger partial charge in [-0.25, -0.2) is 0 Å². The summed E-state index contributed by atoms with van der Waals surface area (Å²) in [6, 6.07) is 5.39. The van der Waals surface area contributed by atoms with Crippen molar-refractivity contribution in [1.29, 1.82) is 0 Å². The summed E-state index contributed by atoms with van der Waals surface area (Å²) in [7, 11) is 5.74. The minimum atomic E-state index is -0.0224. The van der Waals surface area contributed by atoms with Gasteiger partial charge in [0.05, 0.1) is 6.42 Å². The molecule has 1 N–H and O–H groups in total. The van der Waals surface area contributed by atoms with E-state index in [9.17, 15) is 9.59 Å². The molecule has 0 fully saturated rings. The second-order valence-electron chi connectivity index (χ2n) is 5.13. The maximum atomic E-state index is 12.2. The molecule has 1 aliphatic heterocycles. The first-order valence-corrected chi connectivity index (χ1v) is 6.30. The molecule has 5 heteroatoms. The van der Waals surface area contributed by atoms with Gasteiger partial charge >= 0.3 is 0 Å². The van der Waals surface area contributed by atoms with Crippen molar-refractivity contribution in [3.05, 3.63) is 29.3 Å². The lowest BCUT2D eigenvalue weighted by Gasteiger charge is -2.20. The van der Waals surface area contributed by atoms with Crippen molar-refractivity contribution in [1.82, 2.24) is 9.80 Å². The van der Waals surface area contributed by atoms with Crippen LogP contribution in [0.1, 0.15) is 15.9 Å². The molecule has 0 atom stereocenters. The first kappa shape index (κ1) is 13.5. The number of fused-ring (bicyclic) bond motifs is 1. The normalized spacial score (nSPS) is 13.4. The van der Waals surface area contributed by atoms with E-state index in [1.54, 1.807) is 24.1 Å². The Morgan fingerprint density at radius 3 is 2.68 bits per heavy atom. The van der Waals surface area contributed by atoms with Crippen LogP contribution in [-0.4, -0.2) is 55.8 Å². The van der Waals surface area contributed by atoms with Gasteiger partial charge in [-0.3, -0.25) is 9.59 Å². The summed E-state index contributed by atoms with van der Waals surface area (Å²) in [5.74, 6) is -0.0358. The standard InChI is InChI=1S/C14H19N3O2/c1-16(2)6-7-17(3)14(19)11-5-4-10-9-13(18)15-12(10)8-11/h4-5,8H,6-7,9H2,1-3H3,(H,15,18). The molecule has 19 heavy (non-hydrogen) atoms. The van der Waals surface area contributed by atoms with Gasteiger partial charge in [0, 0.05) is 31.4 Å². The minimum absolute atomic E-state index is 0.0134. The molecule has 1 aromatic rings. The van der Waals surface area contributed by atoms with Crippen LogP contribution < -0.4 is 5.32 Å². The number of likely N-dealkylation sites (N-methyl/N-ethyl adjacent to an activating group) is 2. The summed E-state index contributed by atoms with van der Waals surface area (Å²) in [5, 5.41) is 2.76. The third-order valence-corrected chi connectivity index (χ3v) is 3.21. The van der Waals surface area contributed by atoms with Crippen molar-refractivity contribution in [2.75, 3.05) is 39.5 Å². The van der Waals surface area contributed by atoms with E-state index in [-0.39, 0.29) is 11.8 Å². The molecule has 0 aliphatic carbocycles. The Kier molecular flexibility index (Phi) is 3.85. The highest BCUT2D eigenvalue weighted by molar-refractivity contribution is 6.02. The van der Waals surface area contributed by atoms with Crippen LogP contribution in [0.5, 0.6) is 0 Å². The molecule has 2 amide bonds. The van der Waals surface area contributed by atoms with Gasteiger partial charge in [-0.2, -0.15) is 0 Å². The zero-order chi connectivity index (χ0) is 14.0. The van der Waals surface area contributed by atoms with Crippen molar-refractivity contribution < 1.29 is 9.59 Å². The van der Waals surface area contributed by atoms with E-state index in [4.69, 9.17) is 0 Å². The molecular weight excluding hydrogens is 242 g/mol. The van der Waals surface area contributed by atoms with Crippen LogP contribution >= 0.6 is 0 Å². The lowest BCUT2D eigenvalue weighted by Crippen LogP contribution is -2.33. The molecule has 5 nitrogen and oxygen atoms in total. The zero-order valence-electron chi connectivity index (χ0n) is 11.6. The van der Waals surface area contributed by atoms with Crippen molar-refractivity contribution in [3.8, 4) is 0 Å². The molecule has 0 aromatic heterocycles. The monoisotopic (exact) mass is 261 g/mol. The first-order chi connectivity index (χ1) is 8.97. The highest BCUT2D eigenvalue weighted by Gasteiger charge is 2.20. The summed E-state index contributed by atoms with van der Waals surface area (Å²) < 4.78 is 0. The third-order valence-electron chi connectivity index (χ3n) is 3.21. The SMILES string of the molecule is CN(C)CCN(C)C(=O)c1ccc2c(c1)NC(=O)C2. The molecule has 0 saturated carbocycles. The first-order valence-electron chi connectivity index (χ1n) is 6.30. The number of hydrogen-bond acceptors (Lipinski definition) is 3. The molecule has 102 valence electrons. The van der Waals surface area contributed by atoms with Crippen LogP contribution in [0, 0.1) is 0 Å². The number of anilines is 1. The predicted molar refractivity (Wildman–Crippen MR) is 74.3 cm³/mol. The fourth-order valence-electron chi connectivity index (χ4n) is 2.02. The van der Waals surface area contributed by atoms with E-state index in [1.165, 1.54) is 0 Å². The van der Waals surface area contributed by atoms with Crippen LogP contribution in [0.3, 0.4) is 0 Å². The van der Waals surface area contributed by atoms with Gasteiger partial charge in [0.15, 0.2) is 0 Å². The quantitative estimate of drug-likeness (QED) is 0.873. The topological polar surface area (TPSA) is 52.6 Å². The van der Waals surface area contributed by atoms with E-state index in [2.05, 4.69) is 5.32 Å². The third kappa shape index (κ3) is 3.12. The summed E-state index contributed by atoms with van der Waals surface area (Å²) in [6.07, 6.45) is 0.403. The Morgan fingerprint density at radius 1 is 1.26 bits per heavy atom. The molecule has 0 saturated heterocycles. The van der Waals surface area contributed by atoms with Gasteiger partial charge in [0.1, 0.15) is 0 Å². The number of amides is 2. The van der Waals surface area contributed by atoms with Gasteiger partial charge in [-0.1, -0.05) is 6.07 Å². The maximum absolute atomic E-state index is 12.2. The second-order valence-corrected chi connectivity index (χ2v) is 5.13. The number of rotatable bonds is 4. The zero-order valence-corrected chi connectivity index (χ0v) is 11.6. The lowest BCUT2D eigenvalue weighted by atomic mass is 10.1. The minimum Gasteiger partial charge on any atom is -0.340 e. The molecule has 0 spiro atoms. The van der Waals surface area contributed by atoms with Crippen molar-refractivity contribution >= 4 is 17.5 Å². The van der Waals surface area contributed by atoms with Crippen LogP contribution in [0.2, 0.25) is 0 Å². The van der Waals surface area contributed by atoms with Gasteiger partial charge in [0.2, 0.25) is 5.91 Å². The van der Waals surface area contributed by atoms with Crippen molar-refractivity contribution in [2.45, 2.75) is 6.42 Å². The summed E-state index contributed by atoms with van der Waals surface area (Å²) in [6.45, 7) is 1.50. The van der Waals surface area contributed by atoms with E-state index < -0.39 is 0 Å². The van der Waals surface area contributed by atoms with E-state index >= 15 is 0 Å². The van der Waals surface area contributed by atoms with Gasteiger partial charge in [-0.15, -0.1) is 0 Å². The largest absolute Gasteiger partial charge is 0.340 e. The van der Waals surface area contributed by atoms with Crippen molar-refractivity contribution in [2.24, 2.45) is 0 Å². The maximum Gasteiger partial charge on any atom is 0.253 e. The van der Waals surface area contributed by atoms with Gasteiger partial charge in [-0.05, 0) is 31.8 Å². The molecule has 1 aromatic carbocycles. The molecule has 0 radical (unpaired) electrons. The number of carbonyl (C=O) groups excluding carboxylic acids is 2. The Labute approximate surface area is 113 Å². The molecular formula is C14H19N3O2. The summed E-state index contributed by atoms with van der Waals surface area (Å²) in [5.41, 5.74) is 2.33. The highest BCUT2D eigenvalue weighted by atomic mass is 16.2. The predicted octanol–water partition coefficient (Wildman–Crippen LogP) is 0.815. The summed E-state index contributed by atoms with van der Waals surface area (Å²) in [4.78, 5) is 27.2. The number of nitrogens with one attached hydrogen (secondary N) is 1. The fourth-order valence-corrected chi connectivity index (χ4v) is 2.02. The Hall–Kier alpha value is -1.88. The Morgan fingerprint density at radius 2 is 2.00 bits per heavy atom. The second kappa shape index (κ2) is 5.40. The number of benzene rings is 1. The Bertz CT molecular complexity index is 511. The van der Waals surface area contributed by atoms with E-state index in [1.807, 2.05) is 25.1 Å². The van der Waals surface area contributed by atoms with Crippen LogP contribution in [-0.2, 0) is 11.2 Å². The smallest absolute Gasteiger partial charge is 0.253 e. The molecule has 1 heterocycles. The van der Waals surface area contributed by atoms with Gasteiger partial charge in [0.25, 0.3) is 5.91 Å². The average molecular weight is 261 g/mol. The van der Waals surface area contributed by atoms with Crippen LogP contribution in [0.15, 0.2) is 18.2 Å². The lowest BCUT2D eigenvalue weighted by molar-refractivity contribution is -0.115. The number of nitrogens with zero attached hydrogens (tertiary/aromatic N) is 2. The fraction of sp³-hybridized carbons (Fsp3) is 0.429. The molecule has 1 aliphatic rings. The van der Waals surface area contributed by atoms with Crippen LogP contribution in [0.4, 0.5) is 5.69 Å². The molecule has 0 bridgehead atoms. The summed E-state index contributed by atoms with van der Waals surface area (Å²) >= 11 is 0. The number of carbonyl (C=O) groups is 2. The average Bonchev–Trinajstić information content (AvgIpc) is 2.73. The molecule has 2 rings (SSSR count). The van der Waals surface area contributed by atoms with E-state index in [0.717, 1.165) is 17.8 Å². The van der Waals surface area contributed by atoms with Gasteiger partial charge < -0.3 is 15.1 Å². The highest BCUT2D eigenvalue weighted by Crippen LogP contribution is 2.24. The number of hydrogen-bond donors (Lipinski definition) is 1. The van der Waals surface area contributed by atoms with E-state index in [0.29, 0.717) is 18.5 Å². The molecule has 0 unspecified atom stereocenters.